The van der Waals surface area contributed by atoms with Crippen LogP contribution in [0.2, 0.25) is 0 Å². The Hall–Kier alpha value is -1.48. The molecular formula is C17H28N4O3S. The first-order valence-corrected chi connectivity index (χ1v) is 10.1. The summed E-state index contributed by atoms with van der Waals surface area (Å²) >= 11 is 0. The second-order valence-corrected chi connectivity index (χ2v) is 8.33. The zero-order valence-electron chi connectivity index (χ0n) is 14.9. The molecule has 0 aliphatic carbocycles. The number of benzene rings is 1. The predicted octanol–water partition coefficient (Wildman–Crippen LogP) is 0.366. The first-order chi connectivity index (χ1) is 11.9. The molecule has 1 amide bonds. The van der Waals surface area contributed by atoms with Gasteiger partial charge in [-0.15, -0.1) is 0 Å². The summed E-state index contributed by atoms with van der Waals surface area (Å²) in [7, 11) is -1.59. The number of rotatable bonds is 7. The molecule has 1 fully saturated rings. The third-order valence-electron chi connectivity index (χ3n) is 4.44. The van der Waals surface area contributed by atoms with Crippen molar-refractivity contribution >= 4 is 15.9 Å². The molecule has 3 N–H and O–H groups in total. The Bertz CT molecular complexity index is 685. The molecule has 1 heterocycles. The highest BCUT2D eigenvalue weighted by atomic mass is 32.2. The van der Waals surface area contributed by atoms with Crippen LogP contribution in [-0.2, 0) is 21.4 Å². The molecule has 1 aliphatic heterocycles. The second-order valence-electron chi connectivity index (χ2n) is 6.43. The van der Waals surface area contributed by atoms with Crippen LogP contribution in [0.3, 0.4) is 0 Å². The summed E-state index contributed by atoms with van der Waals surface area (Å²) in [6.07, 6.45) is 1.43. The normalized spacial score (nSPS) is 18.0. The third-order valence-corrected chi connectivity index (χ3v) is 6.44. The molecule has 0 radical (unpaired) electrons. The molecule has 1 aromatic rings. The van der Waals surface area contributed by atoms with Crippen molar-refractivity contribution in [2.75, 3.05) is 33.2 Å². The van der Waals surface area contributed by atoms with Crippen molar-refractivity contribution < 1.29 is 13.2 Å². The zero-order valence-corrected chi connectivity index (χ0v) is 15.8. The average Bonchev–Trinajstić information content (AvgIpc) is 2.60. The van der Waals surface area contributed by atoms with Gasteiger partial charge in [0.15, 0.2) is 0 Å². The molecule has 25 heavy (non-hydrogen) atoms. The highest BCUT2D eigenvalue weighted by Crippen LogP contribution is 2.21. The maximum Gasteiger partial charge on any atom is 0.243 e. The maximum atomic E-state index is 13.0. The summed E-state index contributed by atoms with van der Waals surface area (Å²) < 4.78 is 27.4. The van der Waals surface area contributed by atoms with E-state index in [-0.39, 0.29) is 17.3 Å². The standard InChI is InChI=1S/C17H28N4O3S/c1-3-6-15(18)17(22)19-13-14-7-4-5-8-16(14)25(23,24)21-11-9-20(2)10-12-21/h4-5,7-8,15H,3,6,9-13,18H2,1-2H3,(H,19,22). The summed E-state index contributed by atoms with van der Waals surface area (Å²) in [5, 5.41) is 2.75. The van der Waals surface area contributed by atoms with Crippen LogP contribution in [0.25, 0.3) is 0 Å². The van der Waals surface area contributed by atoms with Crippen LogP contribution in [0.5, 0.6) is 0 Å². The fourth-order valence-corrected chi connectivity index (χ4v) is 4.47. The zero-order chi connectivity index (χ0) is 18.4. The minimum absolute atomic E-state index is 0.152. The number of hydrogen-bond acceptors (Lipinski definition) is 5. The lowest BCUT2D eigenvalue weighted by molar-refractivity contribution is -0.122. The summed E-state index contributed by atoms with van der Waals surface area (Å²) in [4.78, 5) is 14.4. The summed E-state index contributed by atoms with van der Waals surface area (Å²) in [6, 6.07) is 6.25. The van der Waals surface area contributed by atoms with Crippen LogP contribution in [0.15, 0.2) is 29.2 Å². The van der Waals surface area contributed by atoms with Crippen LogP contribution in [0, 0.1) is 0 Å². The van der Waals surface area contributed by atoms with Gasteiger partial charge in [0, 0.05) is 32.7 Å². The number of nitrogens with zero attached hydrogens (tertiary/aromatic N) is 2. The molecule has 0 bridgehead atoms. The first kappa shape index (κ1) is 19.8. The predicted molar refractivity (Wildman–Crippen MR) is 97.4 cm³/mol. The summed E-state index contributed by atoms with van der Waals surface area (Å²) in [6.45, 7) is 4.49. The number of piperazine rings is 1. The van der Waals surface area contributed by atoms with Gasteiger partial charge in [-0.25, -0.2) is 8.42 Å². The van der Waals surface area contributed by atoms with Gasteiger partial charge >= 0.3 is 0 Å². The van der Waals surface area contributed by atoms with E-state index in [1.165, 1.54) is 4.31 Å². The van der Waals surface area contributed by atoms with Crippen LogP contribution >= 0.6 is 0 Å². The smallest absolute Gasteiger partial charge is 0.243 e. The Balaban J connectivity index is 2.13. The summed E-state index contributed by atoms with van der Waals surface area (Å²) in [5.41, 5.74) is 6.38. The van der Waals surface area contributed by atoms with Crippen LogP contribution in [0.4, 0.5) is 0 Å². The number of hydrogen-bond donors (Lipinski definition) is 2. The molecule has 0 saturated carbocycles. The number of carbonyl (C=O) groups excluding carboxylic acids is 1. The highest BCUT2D eigenvalue weighted by molar-refractivity contribution is 7.89. The Morgan fingerprint density at radius 2 is 1.88 bits per heavy atom. The molecule has 7 nitrogen and oxygen atoms in total. The Labute approximate surface area is 150 Å². The largest absolute Gasteiger partial charge is 0.351 e. The summed E-state index contributed by atoms with van der Waals surface area (Å²) in [5.74, 6) is -0.256. The maximum absolute atomic E-state index is 13.0. The molecule has 0 aromatic heterocycles. The number of amides is 1. The van der Waals surface area contributed by atoms with Gasteiger partial charge in [0.2, 0.25) is 15.9 Å². The van der Waals surface area contributed by atoms with Crippen molar-refractivity contribution in [3.05, 3.63) is 29.8 Å². The third kappa shape index (κ3) is 5.01. The fraction of sp³-hybridized carbons (Fsp3) is 0.588. The molecule has 1 aromatic carbocycles. The van der Waals surface area contributed by atoms with Crippen molar-refractivity contribution in [2.24, 2.45) is 5.73 Å². The number of nitrogens with two attached hydrogens (primary N) is 1. The molecule has 8 heteroatoms. The van der Waals surface area contributed by atoms with Crippen LogP contribution in [-0.4, -0.2) is 62.8 Å². The van der Waals surface area contributed by atoms with E-state index < -0.39 is 16.1 Å². The monoisotopic (exact) mass is 368 g/mol. The van der Waals surface area contributed by atoms with Crippen molar-refractivity contribution in [1.82, 2.24) is 14.5 Å². The SMILES string of the molecule is CCCC(N)C(=O)NCc1ccccc1S(=O)(=O)N1CCN(C)CC1. The van der Waals surface area contributed by atoms with Gasteiger partial charge in [-0.1, -0.05) is 31.5 Å². The number of carbonyl (C=O) groups is 1. The molecule has 140 valence electrons. The van der Waals surface area contributed by atoms with Crippen molar-refractivity contribution in [1.29, 1.82) is 0 Å². The lowest BCUT2D eigenvalue weighted by Crippen LogP contribution is -2.47. The lowest BCUT2D eigenvalue weighted by atomic mass is 10.1. The van der Waals surface area contributed by atoms with E-state index >= 15 is 0 Å². The van der Waals surface area contributed by atoms with E-state index in [2.05, 4.69) is 10.2 Å². The van der Waals surface area contributed by atoms with E-state index in [9.17, 15) is 13.2 Å². The van der Waals surface area contributed by atoms with Gasteiger partial charge < -0.3 is 16.0 Å². The highest BCUT2D eigenvalue weighted by Gasteiger charge is 2.29. The first-order valence-electron chi connectivity index (χ1n) is 8.66. The quantitative estimate of drug-likeness (QED) is 0.725. The van der Waals surface area contributed by atoms with Crippen LogP contribution < -0.4 is 11.1 Å². The van der Waals surface area contributed by atoms with Crippen LogP contribution in [0.1, 0.15) is 25.3 Å². The van der Waals surface area contributed by atoms with E-state index in [0.29, 0.717) is 38.2 Å². The Kier molecular flexibility index (Phi) is 6.95. The fourth-order valence-electron chi connectivity index (χ4n) is 2.82. The second kappa shape index (κ2) is 8.75. The van der Waals surface area contributed by atoms with Gasteiger partial charge in [0.05, 0.1) is 10.9 Å². The Morgan fingerprint density at radius 1 is 1.24 bits per heavy atom. The molecule has 1 aliphatic rings. The molecule has 1 atom stereocenters. The van der Waals surface area contributed by atoms with Crippen molar-refractivity contribution in [3.8, 4) is 0 Å². The van der Waals surface area contributed by atoms with E-state index in [0.717, 1.165) is 6.42 Å². The lowest BCUT2D eigenvalue weighted by Gasteiger charge is -2.32. The Morgan fingerprint density at radius 3 is 2.52 bits per heavy atom. The minimum Gasteiger partial charge on any atom is -0.351 e. The minimum atomic E-state index is -3.57. The van der Waals surface area contributed by atoms with Gasteiger partial charge in [0.25, 0.3) is 0 Å². The van der Waals surface area contributed by atoms with E-state index in [4.69, 9.17) is 5.73 Å². The number of likely N-dealkylation sites (N-methyl/N-ethyl adjacent to an activating group) is 1. The van der Waals surface area contributed by atoms with Gasteiger partial charge in [0.1, 0.15) is 0 Å². The van der Waals surface area contributed by atoms with E-state index in [1.54, 1.807) is 24.3 Å². The topological polar surface area (TPSA) is 95.7 Å². The van der Waals surface area contributed by atoms with Crippen molar-refractivity contribution in [3.63, 3.8) is 0 Å². The molecule has 0 spiro atoms. The van der Waals surface area contributed by atoms with Gasteiger partial charge in [-0.05, 0) is 25.1 Å². The molecule has 1 saturated heterocycles. The van der Waals surface area contributed by atoms with Gasteiger partial charge in [-0.3, -0.25) is 4.79 Å². The molecule has 2 rings (SSSR count). The molecular weight excluding hydrogens is 340 g/mol. The number of nitrogens with one attached hydrogen (secondary N) is 1. The van der Waals surface area contributed by atoms with E-state index in [1.807, 2.05) is 14.0 Å². The number of sulfonamides is 1. The van der Waals surface area contributed by atoms with Crippen molar-refractivity contribution in [2.45, 2.75) is 37.2 Å². The molecule has 1 unspecified atom stereocenters. The van der Waals surface area contributed by atoms with Gasteiger partial charge in [-0.2, -0.15) is 4.31 Å². The average molecular weight is 369 g/mol.